The third-order valence-electron chi connectivity index (χ3n) is 3.08. The predicted octanol–water partition coefficient (Wildman–Crippen LogP) is 1.37. The van der Waals surface area contributed by atoms with Gasteiger partial charge >= 0.3 is 0 Å². The van der Waals surface area contributed by atoms with Crippen LogP contribution < -0.4 is 10.6 Å². The smallest absolute Gasteiger partial charge is 0.253 e. The average Bonchev–Trinajstić information content (AvgIpc) is 3.10. The van der Waals surface area contributed by atoms with Crippen molar-refractivity contribution in [3.8, 4) is 0 Å². The van der Waals surface area contributed by atoms with E-state index in [-0.39, 0.29) is 18.4 Å². The molecule has 0 saturated heterocycles. The molecule has 2 amide bonds. The molecular weight excluding hydrogens is 298 g/mol. The molecule has 0 radical (unpaired) electrons. The molecule has 7 nitrogen and oxygen atoms in total. The fourth-order valence-corrected chi connectivity index (χ4v) is 1.89. The molecule has 23 heavy (non-hydrogen) atoms. The number of pyridine rings is 1. The van der Waals surface area contributed by atoms with Crippen molar-refractivity contribution < 1.29 is 18.7 Å². The van der Waals surface area contributed by atoms with Crippen molar-refractivity contribution in [2.45, 2.75) is 13.0 Å². The lowest BCUT2D eigenvalue weighted by Crippen LogP contribution is -2.27. The molecule has 0 aliphatic heterocycles. The standard InChI is InChI=1S/C16H19N3O4/c1-22-6-3-5-18-15(20)12-8-13(10-17-9-12)16(21)19-11-14-4-2-7-23-14/h2,4,7-10H,3,5-6,11H2,1H3,(H,18,20)(H,19,21). The van der Waals surface area contributed by atoms with E-state index < -0.39 is 0 Å². The van der Waals surface area contributed by atoms with Crippen LogP contribution in [0, 0.1) is 0 Å². The first-order chi connectivity index (χ1) is 11.2. The SMILES string of the molecule is COCCCNC(=O)c1cncc(C(=O)NCc2ccco2)c1. The largest absolute Gasteiger partial charge is 0.467 e. The lowest BCUT2D eigenvalue weighted by Gasteiger charge is -2.07. The fraction of sp³-hybridized carbons (Fsp3) is 0.312. The minimum atomic E-state index is -0.317. The monoisotopic (exact) mass is 317 g/mol. The van der Waals surface area contributed by atoms with E-state index in [1.54, 1.807) is 19.2 Å². The van der Waals surface area contributed by atoms with Gasteiger partial charge in [-0.25, -0.2) is 0 Å². The van der Waals surface area contributed by atoms with E-state index in [1.807, 2.05) is 0 Å². The van der Waals surface area contributed by atoms with Gasteiger partial charge in [-0.15, -0.1) is 0 Å². The topological polar surface area (TPSA) is 93.5 Å². The van der Waals surface area contributed by atoms with E-state index in [1.165, 1.54) is 24.7 Å². The van der Waals surface area contributed by atoms with E-state index in [4.69, 9.17) is 9.15 Å². The van der Waals surface area contributed by atoms with Crippen molar-refractivity contribution in [2.24, 2.45) is 0 Å². The summed E-state index contributed by atoms with van der Waals surface area (Å²) in [7, 11) is 1.61. The molecule has 122 valence electrons. The van der Waals surface area contributed by atoms with Crippen LogP contribution in [0.2, 0.25) is 0 Å². The Morgan fingerprint density at radius 2 is 1.96 bits per heavy atom. The number of amides is 2. The first kappa shape index (κ1) is 16.7. The number of nitrogens with zero attached hydrogens (tertiary/aromatic N) is 1. The number of aromatic nitrogens is 1. The van der Waals surface area contributed by atoms with Gasteiger partial charge in [0.15, 0.2) is 0 Å². The first-order valence-corrected chi connectivity index (χ1v) is 7.23. The second-order valence-electron chi connectivity index (χ2n) is 4.83. The molecule has 0 spiro atoms. The van der Waals surface area contributed by atoms with E-state index in [0.29, 0.717) is 30.0 Å². The first-order valence-electron chi connectivity index (χ1n) is 7.23. The van der Waals surface area contributed by atoms with Gasteiger partial charge in [0.25, 0.3) is 11.8 Å². The Bertz CT molecular complexity index is 641. The van der Waals surface area contributed by atoms with Crippen molar-refractivity contribution in [1.82, 2.24) is 15.6 Å². The van der Waals surface area contributed by atoms with Gasteiger partial charge in [-0.05, 0) is 24.6 Å². The van der Waals surface area contributed by atoms with Gasteiger partial charge in [-0.2, -0.15) is 0 Å². The van der Waals surface area contributed by atoms with E-state index in [9.17, 15) is 9.59 Å². The lowest BCUT2D eigenvalue weighted by atomic mass is 10.2. The molecule has 2 aromatic rings. The zero-order valence-corrected chi connectivity index (χ0v) is 12.9. The molecule has 0 bridgehead atoms. The molecule has 2 heterocycles. The van der Waals surface area contributed by atoms with Crippen LogP contribution in [0.3, 0.4) is 0 Å². The highest BCUT2D eigenvalue weighted by molar-refractivity contribution is 5.99. The van der Waals surface area contributed by atoms with Crippen molar-refractivity contribution in [2.75, 3.05) is 20.3 Å². The zero-order chi connectivity index (χ0) is 16.5. The lowest BCUT2D eigenvalue weighted by molar-refractivity contribution is 0.0947. The van der Waals surface area contributed by atoms with Crippen LogP contribution in [0.25, 0.3) is 0 Å². The Morgan fingerprint density at radius 1 is 1.22 bits per heavy atom. The van der Waals surface area contributed by atoms with Gasteiger partial charge in [-0.3, -0.25) is 14.6 Å². The molecule has 2 aromatic heterocycles. The Morgan fingerprint density at radius 3 is 2.61 bits per heavy atom. The van der Waals surface area contributed by atoms with Crippen molar-refractivity contribution in [3.63, 3.8) is 0 Å². The van der Waals surface area contributed by atoms with Crippen LogP contribution in [0.5, 0.6) is 0 Å². The number of rotatable bonds is 8. The molecule has 2 rings (SSSR count). The van der Waals surface area contributed by atoms with Crippen molar-refractivity contribution in [3.05, 3.63) is 53.7 Å². The number of carbonyl (C=O) groups excluding carboxylic acids is 2. The van der Waals surface area contributed by atoms with Gasteiger partial charge in [0.2, 0.25) is 0 Å². The molecule has 0 fully saturated rings. The maximum absolute atomic E-state index is 12.1. The van der Waals surface area contributed by atoms with Crippen LogP contribution in [0.4, 0.5) is 0 Å². The van der Waals surface area contributed by atoms with Crippen LogP contribution in [0.15, 0.2) is 41.3 Å². The molecule has 0 aliphatic rings. The molecule has 2 N–H and O–H groups in total. The highest BCUT2D eigenvalue weighted by Gasteiger charge is 2.11. The predicted molar refractivity (Wildman–Crippen MR) is 82.9 cm³/mol. The van der Waals surface area contributed by atoms with Gasteiger partial charge in [0.1, 0.15) is 5.76 Å². The third kappa shape index (κ3) is 5.23. The van der Waals surface area contributed by atoms with Crippen LogP contribution in [0.1, 0.15) is 32.9 Å². The minimum Gasteiger partial charge on any atom is -0.467 e. The molecule has 0 aromatic carbocycles. The summed E-state index contributed by atoms with van der Waals surface area (Å²) in [6.45, 7) is 1.36. The van der Waals surface area contributed by atoms with Gasteiger partial charge in [-0.1, -0.05) is 0 Å². The summed E-state index contributed by atoms with van der Waals surface area (Å²) in [5.74, 6) is 0.0653. The quantitative estimate of drug-likeness (QED) is 0.717. The number of hydrogen-bond donors (Lipinski definition) is 2. The van der Waals surface area contributed by atoms with Crippen LogP contribution in [-0.4, -0.2) is 37.1 Å². The molecule has 0 saturated carbocycles. The van der Waals surface area contributed by atoms with Crippen molar-refractivity contribution >= 4 is 11.8 Å². The maximum atomic E-state index is 12.1. The molecular formula is C16H19N3O4. The van der Waals surface area contributed by atoms with E-state index >= 15 is 0 Å². The number of furan rings is 1. The Balaban J connectivity index is 1.90. The summed E-state index contributed by atoms with van der Waals surface area (Å²) in [6.07, 6.45) is 5.10. The van der Waals surface area contributed by atoms with E-state index in [2.05, 4.69) is 15.6 Å². The summed E-state index contributed by atoms with van der Waals surface area (Å²) < 4.78 is 10.1. The molecule has 0 aliphatic carbocycles. The Kier molecular flexibility index (Phi) is 6.31. The van der Waals surface area contributed by atoms with Crippen LogP contribution >= 0.6 is 0 Å². The average molecular weight is 317 g/mol. The number of nitrogens with one attached hydrogen (secondary N) is 2. The molecule has 0 atom stereocenters. The third-order valence-corrected chi connectivity index (χ3v) is 3.08. The second kappa shape index (κ2) is 8.70. The Hall–Kier alpha value is -2.67. The van der Waals surface area contributed by atoms with E-state index in [0.717, 1.165) is 6.42 Å². The number of ether oxygens (including phenoxy) is 1. The second-order valence-corrected chi connectivity index (χ2v) is 4.83. The fourth-order valence-electron chi connectivity index (χ4n) is 1.89. The number of methoxy groups -OCH3 is 1. The summed E-state index contributed by atoms with van der Waals surface area (Å²) >= 11 is 0. The van der Waals surface area contributed by atoms with Gasteiger partial charge in [0.05, 0.1) is 23.9 Å². The summed E-state index contributed by atoms with van der Waals surface area (Å²) in [4.78, 5) is 28.0. The number of carbonyl (C=O) groups is 2. The van der Waals surface area contributed by atoms with Gasteiger partial charge < -0.3 is 19.8 Å². The highest BCUT2D eigenvalue weighted by Crippen LogP contribution is 2.05. The summed E-state index contributed by atoms with van der Waals surface area (Å²) in [6, 6.07) is 5.02. The zero-order valence-electron chi connectivity index (χ0n) is 12.9. The number of hydrogen-bond acceptors (Lipinski definition) is 5. The minimum absolute atomic E-state index is 0.269. The van der Waals surface area contributed by atoms with Crippen LogP contribution in [-0.2, 0) is 11.3 Å². The Labute approximate surface area is 134 Å². The van der Waals surface area contributed by atoms with Crippen molar-refractivity contribution in [1.29, 1.82) is 0 Å². The summed E-state index contributed by atoms with van der Waals surface area (Å²) in [5.41, 5.74) is 0.661. The van der Waals surface area contributed by atoms with Gasteiger partial charge in [0, 0.05) is 32.7 Å². The normalized spacial score (nSPS) is 10.3. The summed E-state index contributed by atoms with van der Waals surface area (Å²) in [5, 5.41) is 5.46. The molecule has 0 unspecified atom stereocenters. The maximum Gasteiger partial charge on any atom is 0.253 e. The highest BCUT2D eigenvalue weighted by atomic mass is 16.5. The molecule has 7 heteroatoms.